The number of benzene rings is 2. The topological polar surface area (TPSA) is 9.23 Å². The summed E-state index contributed by atoms with van der Waals surface area (Å²) >= 11 is 6.09. The van der Waals surface area contributed by atoms with Crippen LogP contribution in [0.4, 0.5) is 4.39 Å². The van der Waals surface area contributed by atoms with Crippen LogP contribution in [0.15, 0.2) is 36.4 Å². The quantitative estimate of drug-likeness (QED) is 0.782. The number of rotatable bonds is 3. The average Bonchev–Trinajstić information content (AvgIpc) is 2.33. The van der Waals surface area contributed by atoms with Crippen molar-refractivity contribution in [1.82, 2.24) is 0 Å². The molecule has 0 N–H and O–H groups in total. The van der Waals surface area contributed by atoms with E-state index in [0.717, 1.165) is 11.1 Å². The van der Waals surface area contributed by atoms with Crippen LogP contribution >= 0.6 is 11.6 Å². The van der Waals surface area contributed by atoms with Crippen molar-refractivity contribution in [3.63, 3.8) is 0 Å². The Kier molecular flexibility index (Phi) is 3.87. The molecule has 3 heteroatoms. The molecule has 0 heterocycles. The van der Waals surface area contributed by atoms with E-state index in [4.69, 9.17) is 16.3 Å². The molecule has 0 aliphatic rings. The molecule has 0 fully saturated rings. The second-order valence-electron chi connectivity index (χ2n) is 4.27. The minimum Gasteiger partial charge on any atom is -0.486 e. The van der Waals surface area contributed by atoms with Gasteiger partial charge in [0.15, 0.2) is 11.6 Å². The number of ether oxygens (including phenoxy) is 1. The van der Waals surface area contributed by atoms with Crippen molar-refractivity contribution in [2.24, 2.45) is 0 Å². The van der Waals surface area contributed by atoms with Crippen LogP contribution < -0.4 is 4.74 Å². The summed E-state index contributed by atoms with van der Waals surface area (Å²) < 4.78 is 19.2. The van der Waals surface area contributed by atoms with Crippen LogP contribution in [0.1, 0.15) is 16.7 Å². The minimum absolute atomic E-state index is 0.256. The van der Waals surface area contributed by atoms with Crippen LogP contribution in [0.5, 0.6) is 5.75 Å². The molecule has 0 unspecified atom stereocenters. The summed E-state index contributed by atoms with van der Waals surface area (Å²) in [6, 6.07) is 10.8. The summed E-state index contributed by atoms with van der Waals surface area (Å²) in [5, 5.41) is 0.642. The molecule has 0 bridgehead atoms. The van der Waals surface area contributed by atoms with E-state index in [-0.39, 0.29) is 18.2 Å². The van der Waals surface area contributed by atoms with Crippen LogP contribution in [0.2, 0.25) is 5.02 Å². The van der Waals surface area contributed by atoms with Crippen LogP contribution in [0.3, 0.4) is 0 Å². The average molecular weight is 265 g/mol. The van der Waals surface area contributed by atoms with Crippen molar-refractivity contribution in [2.45, 2.75) is 20.5 Å². The summed E-state index contributed by atoms with van der Waals surface area (Å²) in [6.45, 7) is 3.94. The number of hydrogen-bond acceptors (Lipinski definition) is 1. The molecule has 0 saturated heterocycles. The summed E-state index contributed by atoms with van der Waals surface area (Å²) in [5.74, 6) is -0.0626. The van der Waals surface area contributed by atoms with Crippen molar-refractivity contribution < 1.29 is 9.13 Å². The molecule has 18 heavy (non-hydrogen) atoms. The van der Waals surface area contributed by atoms with Gasteiger partial charge in [-0.1, -0.05) is 35.9 Å². The normalized spacial score (nSPS) is 10.4. The Morgan fingerprint density at radius 1 is 1.17 bits per heavy atom. The minimum atomic E-state index is -0.319. The second-order valence-corrected chi connectivity index (χ2v) is 4.68. The first-order valence-corrected chi connectivity index (χ1v) is 6.08. The van der Waals surface area contributed by atoms with E-state index in [1.807, 2.05) is 25.1 Å². The molecule has 0 spiro atoms. The second kappa shape index (κ2) is 5.40. The highest BCUT2D eigenvalue weighted by molar-refractivity contribution is 6.31. The maximum atomic E-state index is 13.7. The Morgan fingerprint density at radius 3 is 2.67 bits per heavy atom. The molecule has 1 nitrogen and oxygen atoms in total. The van der Waals surface area contributed by atoms with Crippen molar-refractivity contribution in [1.29, 1.82) is 0 Å². The van der Waals surface area contributed by atoms with E-state index >= 15 is 0 Å². The van der Waals surface area contributed by atoms with Gasteiger partial charge in [-0.15, -0.1) is 0 Å². The van der Waals surface area contributed by atoms with E-state index in [1.54, 1.807) is 25.1 Å². The van der Waals surface area contributed by atoms with E-state index in [1.165, 1.54) is 0 Å². The number of halogens is 2. The third-order valence-electron chi connectivity index (χ3n) is 2.75. The van der Waals surface area contributed by atoms with Gasteiger partial charge in [0.05, 0.1) is 0 Å². The fourth-order valence-electron chi connectivity index (χ4n) is 1.66. The van der Waals surface area contributed by atoms with Crippen molar-refractivity contribution >= 4 is 11.6 Å². The zero-order valence-corrected chi connectivity index (χ0v) is 11.1. The van der Waals surface area contributed by atoms with E-state index in [9.17, 15) is 4.39 Å². The number of hydrogen-bond donors (Lipinski definition) is 0. The first-order valence-electron chi connectivity index (χ1n) is 5.71. The molecule has 0 aliphatic carbocycles. The molecule has 2 aromatic carbocycles. The van der Waals surface area contributed by atoms with Gasteiger partial charge >= 0.3 is 0 Å². The van der Waals surface area contributed by atoms with Crippen LogP contribution in [-0.2, 0) is 6.61 Å². The highest BCUT2D eigenvalue weighted by atomic mass is 35.5. The summed E-state index contributed by atoms with van der Waals surface area (Å²) in [5.41, 5.74) is 2.51. The predicted molar refractivity (Wildman–Crippen MR) is 71.7 cm³/mol. The molecule has 94 valence electrons. The van der Waals surface area contributed by atoms with Gasteiger partial charge in [0.25, 0.3) is 0 Å². The molecular formula is C15H14ClFO. The largest absolute Gasteiger partial charge is 0.486 e. The molecule has 0 atom stereocenters. The Labute approximate surface area is 111 Å². The first-order chi connectivity index (χ1) is 8.58. The first kappa shape index (κ1) is 12.9. The van der Waals surface area contributed by atoms with Gasteiger partial charge in [0.2, 0.25) is 0 Å². The molecule has 0 aliphatic heterocycles. The molecule has 2 rings (SSSR count). The molecule has 2 aromatic rings. The molecule has 0 aromatic heterocycles. The third kappa shape index (κ3) is 2.82. The molecule has 0 saturated carbocycles. The van der Waals surface area contributed by atoms with Gasteiger partial charge in [-0.2, -0.15) is 0 Å². The lowest BCUT2D eigenvalue weighted by Gasteiger charge is -2.10. The smallest absolute Gasteiger partial charge is 0.167 e. The SMILES string of the molecule is Cc1ccc(COc2cccc(C)c2F)c(Cl)c1. The summed E-state index contributed by atoms with van der Waals surface area (Å²) in [4.78, 5) is 0. The van der Waals surface area contributed by atoms with Gasteiger partial charge in [-0.3, -0.25) is 0 Å². The highest BCUT2D eigenvalue weighted by Gasteiger charge is 2.07. The molecular weight excluding hydrogens is 251 g/mol. The van der Waals surface area contributed by atoms with Crippen molar-refractivity contribution in [2.75, 3.05) is 0 Å². The van der Waals surface area contributed by atoms with E-state index < -0.39 is 0 Å². The van der Waals surface area contributed by atoms with Crippen LogP contribution in [0, 0.1) is 19.7 Å². The Balaban J connectivity index is 2.14. The summed E-state index contributed by atoms with van der Waals surface area (Å²) in [6.07, 6.45) is 0. The van der Waals surface area contributed by atoms with Crippen molar-refractivity contribution in [3.8, 4) is 5.75 Å². The predicted octanol–water partition coefficient (Wildman–Crippen LogP) is 4.67. The zero-order chi connectivity index (χ0) is 13.1. The highest BCUT2D eigenvalue weighted by Crippen LogP contribution is 2.23. The maximum Gasteiger partial charge on any atom is 0.167 e. The van der Waals surface area contributed by atoms with Gasteiger partial charge in [-0.25, -0.2) is 4.39 Å². The standard InChI is InChI=1S/C15H14ClFO/c1-10-6-7-12(13(16)8-10)9-18-14-5-3-4-11(2)15(14)17/h3-8H,9H2,1-2H3. The Bertz CT molecular complexity index is 566. The monoisotopic (exact) mass is 264 g/mol. The number of aryl methyl sites for hydroxylation is 2. The summed E-state index contributed by atoms with van der Waals surface area (Å²) in [7, 11) is 0. The Hall–Kier alpha value is -1.54. The molecule has 0 radical (unpaired) electrons. The van der Waals surface area contributed by atoms with Crippen LogP contribution in [-0.4, -0.2) is 0 Å². The fraction of sp³-hybridized carbons (Fsp3) is 0.200. The van der Waals surface area contributed by atoms with Crippen molar-refractivity contribution in [3.05, 3.63) is 63.9 Å². The fourth-order valence-corrected chi connectivity index (χ4v) is 1.95. The lowest BCUT2D eigenvalue weighted by atomic mass is 10.1. The van der Waals surface area contributed by atoms with Gasteiger partial charge in [0, 0.05) is 10.6 Å². The Morgan fingerprint density at radius 2 is 1.94 bits per heavy atom. The van der Waals surface area contributed by atoms with Crippen LogP contribution in [0.25, 0.3) is 0 Å². The third-order valence-corrected chi connectivity index (χ3v) is 3.10. The zero-order valence-electron chi connectivity index (χ0n) is 10.3. The lowest BCUT2D eigenvalue weighted by Crippen LogP contribution is -1.99. The maximum absolute atomic E-state index is 13.7. The lowest BCUT2D eigenvalue weighted by molar-refractivity contribution is 0.289. The van der Waals surface area contributed by atoms with E-state index in [0.29, 0.717) is 10.6 Å². The van der Waals surface area contributed by atoms with Gasteiger partial charge < -0.3 is 4.74 Å². The van der Waals surface area contributed by atoms with Gasteiger partial charge in [-0.05, 0) is 37.1 Å². The molecule has 0 amide bonds. The van der Waals surface area contributed by atoms with Gasteiger partial charge in [0.1, 0.15) is 6.61 Å². The van der Waals surface area contributed by atoms with E-state index in [2.05, 4.69) is 0 Å².